The molecule has 0 radical (unpaired) electrons. The van der Waals surface area contributed by atoms with E-state index in [-0.39, 0.29) is 0 Å². The lowest BCUT2D eigenvalue weighted by molar-refractivity contribution is 1.30. The van der Waals surface area contributed by atoms with Gasteiger partial charge in [-0.05, 0) is 36.8 Å². The Bertz CT molecular complexity index is 658. The first kappa shape index (κ1) is 11.5. The summed E-state index contributed by atoms with van der Waals surface area (Å²) >= 11 is 0. The van der Waals surface area contributed by atoms with Crippen LogP contribution in [0.15, 0.2) is 60.9 Å². The van der Waals surface area contributed by atoms with Gasteiger partial charge in [-0.3, -0.25) is 0 Å². The van der Waals surface area contributed by atoms with Crippen LogP contribution >= 0.6 is 0 Å². The zero-order valence-electron chi connectivity index (χ0n) is 10.7. The fraction of sp³-hybridized carbons (Fsp3) is 0.0625. The lowest BCUT2D eigenvalue weighted by Gasteiger charge is -2.11. The van der Waals surface area contributed by atoms with E-state index in [9.17, 15) is 0 Å². The van der Waals surface area contributed by atoms with Crippen LogP contribution < -0.4 is 5.32 Å². The first-order valence-electron chi connectivity index (χ1n) is 6.25. The fourth-order valence-corrected chi connectivity index (χ4v) is 2.06. The van der Waals surface area contributed by atoms with E-state index in [4.69, 9.17) is 0 Å². The second-order valence-corrected chi connectivity index (χ2v) is 4.48. The van der Waals surface area contributed by atoms with Gasteiger partial charge in [0.2, 0.25) is 0 Å². The molecular weight excluding hydrogens is 234 g/mol. The predicted octanol–water partition coefficient (Wildman–Crippen LogP) is 4.13. The van der Waals surface area contributed by atoms with Gasteiger partial charge in [-0.1, -0.05) is 24.3 Å². The number of aromatic amines is 1. The smallest absolute Gasteiger partial charge is 0.139 e. The molecule has 94 valence electrons. The Morgan fingerprint density at radius 3 is 2.63 bits per heavy atom. The van der Waals surface area contributed by atoms with Gasteiger partial charge in [-0.2, -0.15) is 0 Å². The van der Waals surface area contributed by atoms with Crippen molar-refractivity contribution in [1.82, 2.24) is 9.97 Å². The molecule has 2 N–H and O–H groups in total. The van der Waals surface area contributed by atoms with Gasteiger partial charge in [0.05, 0.1) is 0 Å². The molecule has 2 aromatic carbocycles. The van der Waals surface area contributed by atoms with Crippen LogP contribution in [0.3, 0.4) is 0 Å². The van der Waals surface area contributed by atoms with Crippen molar-refractivity contribution in [2.24, 2.45) is 0 Å². The Hall–Kier alpha value is -2.55. The summed E-state index contributed by atoms with van der Waals surface area (Å²) in [5.74, 6) is 0.874. The number of aryl methyl sites for hydroxylation is 1. The third-order valence-corrected chi connectivity index (χ3v) is 2.98. The largest absolute Gasteiger partial charge is 0.355 e. The van der Waals surface area contributed by atoms with E-state index in [2.05, 4.69) is 40.4 Å². The van der Waals surface area contributed by atoms with Gasteiger partial charge in [0.1, 0.15) is 5.82 Å². The van der Waals surface area contributed by atoms with E-state index >= 15 is 0 Å². The number of rotatable bonds is 3. The second-order valence-electron chi connectivity index (χ2n) is 4.48. The van der Waals surface area contributed by atoms with Gasteiger partial charge < -0.3 is 10.3 Å². The van der Waals surface area contributed by atoms with Gasteiger partial charge in [0, 0.05) is 29.3 Å². The van der Waals surface area contributed by atoms with E-state index in [1.165, 1.54) is 5.56 Å². The molecule has 0 unspecified atom stereocenters. The van der Waals surface area contributed by atoms with E-state index in [1.54, 1.807) is 6.20 Å². The van der Waals surface area contributed by atoms with Gasteiger partial charge in [0.15, 0.2) is 0 Å². The monoisotopic (exact) mass is 249 g/mol. The molecule has 0 aliphatic heterocycles. The maximum Gasteiger partial charge on any atom is 0.139 e. The van der Waals surface area contributed by atoms with E-state index in [0.717, 1.165) is 22.8 Å². The van der Waals surface area contributed by atoms with Crippen molar-refractivity contribution >= 4 is 11.4 Å². The van der Waals surface area contributed by atoms with Crippen molar-refractivity contribution in [3.05, 3.63) is 66.5 Å². The lowest BCUT2D eigenvalue weighted by Crippen LogP contribution is -1.94. The standard InChI is InChI=1S/C16H15N3/c1-12-7-8-14(16-17-9-10-18-16)15(11-12)19-13-5-3-2-4-6-13/h2-11,19H,1H3,(H,17,18). The summed E-state index contributed by atoms with van der Waals surface area (Å²) in [6.07, 6.45) is 3.60. The molecule has 3 heteroatoms. The van der Waals surface area contributed by atoms with Gasteiger partial charge in [0.25, 0.3) is 0 Å². The third kappa shape index (κ3) is 2.50. The van der Waals surface area contributed by atoms with Crippen LogP contribution in [0, 0.1) is 6.92 Å². The van der Waals surface area contributed by atoms with E-state index in [0.29, 0.717) is 0 Å². The number of para-hydroxylation sites is 1. The second kappa shape index (κ2) is 4.98. The number of aromatic nitrogens is 2. The Labute approximate surface area is 112 Å². The van der Waals surface area contributed by atoms with Crippen LogP contribution in [0.1, 0.15) is 5.56 Å². The molecule has 0 saturated heterocycles. The van der Waals surface area contributed by atoms with Gasteiger partial charge in [-0.15, -0.1) is 0 Å². The van der Waals surface area contributed by atoms with Crippen molar-refractivity contribution in [3.63, 3.8) is 0 Å². The molecule has 0 atom stereocenters. The number of hydrogen-bond acceptors (Lipinski definition) is 2. The minimum atomic E-state index is 0.874. The van der Waals surface area contributed by atoms with Crippen molar-refractivity contribution < 1.29 is 0 Å². The summed E-state index contributed by atoms with van der Waals surface area (Å²) in [4.78, 5) is 7.47. The molecular formula is C16H15N3. The fourth-order valence-electron chi connectivity index (χ4n) is 2.06. The molecule has 0 fully saturated rings. The number of hydrogen-bond donors (Lipinski definition) is 2. The summed E-state index contributed by atoms with van der Waals surface area (Å²) in [5, 5.41) is 3.44. The van der Waals surface area contributed by atoms with Crippen LogP contribution in [0.2, 0.25) is 0 Å². The number of nitrogens with zero attached hydrogens (tertiary/aromatic N) is 1. The average molecular weight is 249 g/mol. The summed E-state index contributed by atoms with van der Waals surface area (Å²) < 4.78 is 0. The Balaban J connectivity index is 2.02. The maximum absolute atomic E-state index is 4.32. The molecule has 3 nitrogen and oxygen atoms in total. The SMILES string of the molecule is Cc1ccc(-c2ncc[nH]2)c(Nc2ccccc2)c1. The van der Waals surface area contributed by atoms with Crippen LogP contribution in [0.5, 0.6) is 0 Å². The molecule has 0 bridgehead atoms. The van der Waals surface area contributed by atoms with Crippen LogP contribution in [0.4, 0.5) is 11.4 Å². The van der Waals surface area contributed by atoms with Crippen molar-refractivity contribution in [1.29, 1.82) is 0 Å². The summed E-state index contributed by atoms with van der Waals surface area (Å²) in [7, 11) is 0. The molecule has 1 heterocycles. The first-order valence-corrected chi connectivity index (χ1v) is 6.25. The topological polar surface area (TPSA) is 40.7 Å². The predicted molar refractivity (Wildman–Crippen MR) is 78.5 cm³/mol. The molecule has 3 rings (SSSR count). The number of H-pyrrole nitrogens is 1. The highest BCUT2D eigenvalue weighted by molar-refractivity contribution is 5.78. The van der Waals surface area contributed by atoms with Crippen LogP contribution in [-0.2, 0) is 0 Å². The molecule has 0 amide bonds. The highest BCUT2D eigenvalue weighted by atomic mass is 14.9. The molecule has 0 aliphatic rings. The Morgan fingerprint density at radius 2 is 1.89 bits per heavy atom. The minimum Gasteiger partial charge on any atom is -0.355 e. The zero-order valence-corrected chi connectivity index (χ0v) is 10.7. The van der Waals surface area contributed by atoms with E-state index in [1.807, 2.05) is 36.5 Å². The zero-order chi connectivity index (χ0) is 13.1. The van der Waals surface area contributed by atoms with Crippen molar-refractivity contribution in [3.8, 4) is 11.4 Å². The first-order chi connectivity index (χ1) is 9.33. The molecule has 0 spiro atoms. The number of imidazole rings is 1. The number of anilines is 2. The Kier molecular flexibility index (Phi) is 3.02. The van der Waals surface area contributed by atoms with Crippen molar-refractivity contribution in [2.45, 2.75) is 6.92 Å². The highest BCUT2D eigenvalue weighted by Gasteiger charge is 2.07. The maximum atomic E-state index is 4.32. The number of benzene rings is 2. The molecule has 1 aromatic heterocycles. The van der Waals surface area contributed by atoms with Gasteiger partial charge in [-0.25, -0.2) is 4.98 Å². The van der Waals surface area contributed by atoms with E-state index < -0.39 is 0 Å². The molecule has 3 aromatic rings. The summed E-state index contributed by atoms with van der Waals surface area (Å²) in [5.41, 5.74) is 4.41. The third-order valence-electron chi connectivity index (χ3n) is 2.98. The normalized spacial score (nSPS) is 10.4. The highest BCUT2D eigenvalue weighted by Crippen LogP contribution is 2.28. The van der Waals surface area contributed by atoms with Crippen LogP contribution in [0.25, 0.3) is 11.4 Å². The van der Waals surface area contributed by atoms with Crippen molar-refractivity contribution in [2.75, 3.05) is 5.32 Å². The molecule has 0 aliphatic carbocycles. The Morgan fingerprint density at radius 1 is 1.05 bits per heavy atom. The molecule has 0 saturated carbocycles. The summed E-state index contributed by atoms with van der Waals surface area (Å²) in [6.45, 7) is 2.09. The number of nitrogens with one attached hydrogen (secondary N) is 2. The quantitative estimate of drug-likeness (QED) is 0.732. The van der Waals surface area contributed by atoms with Crippen LogP contribution in [-0.4, -0.2) is 9.97 Å². The average Bonchev–Trinajstić information content (AvgIpc) is 2.94. The lowest BCUT2D eigenvalue weighted by atomic mass is 10.1. The minimum absolute atomic E-state index is 0.874. The van der Waals surface area contributed by atoms with Gasteiger partial charge >= 0.3 is 0 Å². The summed E-state index contributed by atoms with van der Waals surface area (Å²) in [6, 6.07) is 16.4. The molecule has 19 heavy (non-hydrogen) atoms.